The molecule has 1 aromatic heterocycles. The third kappa shape index (κ3) is 2.87. The SMILES string of the molecule is C#CCN(CC(=O)O)C(=O)c1ccoc1Br. The second-order valence-electron chi connectivity index (χ2n) is 2.87. The highest BCUT2D eigenvalue weighted by molar-refractivity contribution is 9.10. The molecular weight excluding hydrogens is 278 g/mol. The van der Waals surface area contributed by atoms with Crippen molar-refractivity contribution in [2.75, 3.05) is 13.1 Å². The maximum atomic E-state index is 11.8. The van der Waals surface area contributed by atoms with Gasteiger partial charge in [-0.15, -0.1) is 6.42 Å². The van der Waals surface area contributed by atoms with E-state index in [1.807, 2.05) is 0 Å². The summed E-state index contributed by atoms with van der Waals surface area (Å²) in [5.41, 5.74) is 0.247. The van der Waals surface area contributed by atoms with E-state index in [1.54, 1.807) is 0 Å². The molecule has 0 saturated carbocycles. The Labute approximate surface area is 100 Å². The molecular formula is C10H8BrNO4. The Bertz CT molecular complexity index is 446. The van der Waals surface area contributed by atoms with Crippen LogP contribution < -0.4 is 0 Å². The van der Waals surface area contributed by atoms with Crippen LogP contribution in [0.1, 0.15) is 10.4 Å². The smallest absolute Gasteiger partial charge is 0.323 e. The van der Waals surface area contributed by atoms with Gasteiger partial charge in [0.1, 0.15) is 6.54 Å². The first kappa shape index (κ1) is 12.3. The van der Waals surface area contributed by atoms with Gasteiger partial charge in [-0.25, -0.2) is 0 Å². The van der Waals surface area contributed by atoms with Crippen LogP contribution in [0.25, 0.3) is 0 Å². The predicted octanol–water partition coefficient (Wildman–Crippen LogP) is 1.20. The Morgan fingerprint density at radius 2 is 2.31 bits per heavy atom. The fraction of sp³-hybridized carbons (Fsp3) is 0.200. The lowest BCUT2D eigenvalue weighted by Gasteiger charge is -2.16. The van der Waals surface area contributed by atoms with Gasteiger partial charge < -0.3 is 14.4 Å². The molecule has 0 spiro atoms. The van der Waals surface area contributed by atoms with E-state index in [0.29, 0.717) is 0 Å². The minimum absolute atomic E-state index is 0.0667. The zero-order valence-electron chi connectivity index (χ0n) is 8.14. The molecule has 1 aromatic rings. The third-order valence-electron chi connectivity index (χ3n) is 1.74. The van der Waals surface area contributed by atoms with Crippen LogP contribution in [0.4, 0.5) is 0 Å². The van der Waals surface area contributed by atoms with Crippen molar-refractivity contribution < 1.29 is 19.1 Å². The number of halogens is 1. The molecule has 0 radical (unpaired) electrons. The number of carboxylic acid groups (broad SMARTS) is 1. The van der Waals surface area contributed by atoms with Crippen LogP contribution in [0, 0.1) is 12.3 Å². The van der Waals surface area contributed by atoms with Crippen LogP contribution in [0.2, 0.25) is 0 Å². The van der Waals surface area contributed by atoms with Gasteiger partial charge in [-0.3, -0.25) is 9.59 Å². The minimum atomic E-state index is -1.12. The highest BCUT2D eigenvalue weighted by Gasteiger charge is 2.21. The second kappa shape index (κ2) is 5.37. The Kier molecular flexibility index (Phi) is 4.14. The van der Waals surface area contributed by atoms with Gasteiger partial charge in [-0.05, 0) is 22.0 Å². The van der Waals surface area contributed by atoms with E-state index in [-0.39, 0.29) is 16.8 Å². The molecule has 1 rings (SSSR count). The van der Waals surface area contributed by atoms with Gasteiger partial charge in [0.25, 0.3) is 5.91 Å². The fourth-order valence-electron chi connectivity index (χ4n) is 1.09. The quantitative estimate of drug-likeness (QED) is 0.844. The summed E-state index contributed by atoms with van der Waals surface area (Å²) >= 11 is 3.04. The molecule has 16 heavy (non-hydrogen) atoms. The van der Waals surface area contributed by atoms with Crippen molar-refractivity contribution in [3.63, 3.8) is 0 Å². The van der Waals surface area contributed by atoms with Crippen molar-refractivity contribution in [1.82, 2.24) is 4.90 Å². The first-order chi connectivity index (χ1) is 7.56. The van der Waals surface area contributed by atoms with Crippen molar-refractivity contribution in [2.24, 2.45) is 0 Å². The lowest BCUT2D eigenvalue weighted by atomic mass is 10.3. The minimum Gasteiger partial charge on any atom is -0.480 e. The first-order valence-corrected chi connectivity index (χ1v) is 5.03. The van der Waals surface area contributed by atoms with Gasteiger partial charge >= 0.3 is 5.97 Å². The summed E-state index contributed by atoms with van der Waals surface area (Å²) in [6.45, 7) is -0.511. The summed E-state index contributed by atoms with van der Waals surface area (Å²) in [7, 11) is 0. The molecule has 0 aliphatic carbocycles. The zero-order chi connectivity index (χ0) is 12.1. The highest BCUT2D eigenvalue weighted by Crippen LogP contribution is 2.19. The van der Waals surface area contributed by atoms with Crippen molar-refractivity contribution in [2.45, 2.75) is 0 Å². The number of carboxylic acids is 1. The second-order valence-corrected chi connectivity index (χ2v) is 3.59. The van der Waals surface area contributed by atoms with E-state index in [1.165, 1.54) is 12.3 Å². The van der Waals surface area contributed by atoms with Crippen molar-refractivity contribution in [1.29, 1.82) is 0 Å². The van der Waals surface area contributed by atoms with Gasteiger partial charge in [0.05, 0.1) is 18.4 Å². The number of carbonyl (C=O) groups excluding carboxylic acids is 1. The largest absolute Gasteiger partial charge is 0.480 e. The predicted molar refractivity (Wildman–Crippen MR) is 58.8 cm³/mol. The van der Waals surface area contributed by atoms with Gasteiger partial charge in [-0.1, -0.05) is 5.92 Å². The number of furan rings is 1. The van der Waals surface area contributed by atoms with E-state index >= 15 is 0 Å². The van der Waals surface area contributed by atoms with Crippen LogP contribution in [-0.2, 0) is 4.79 Å². The molecule has 0 aliphatic heterocycles. The monoisotopic (exact) mass is 285 g/mol. The molecule has 1 amide bonds. The summed E-state index contributed by atoms with van der Waals surface area (Å²) in [6, 6.07) is 1.44. The van der Waals surface area contributed by atoms with Gasteiger partial charge in [0.2, 0.25) is 0 Å². The zero-order valence-corrected chi connectivity index (χ0v) is 9.73. The number of aliphatic carboxylic acids is 1. The van der Waals surface area contributed by atoms with Crippen LogP contribution in [0.15, 0.2) is 21.4 Å². The number of rotatable bonds is 4. The molecule has 6 heteroatoms. The summed E-state index contributed by atoms with van der Waals surface area (Å²) in [5, 5.41) is 8.63. The van der Waals surface area contributed by atoms with Gasteiger partial charge in [0.15, 0.2) is 4.67 Å². The lowest BCUT2D eigenvalue weighted by molar-refractivity contribution is -0.137. The summed E-state index contributed by atoms with van der Waals surface area (Å²) in [6.07, 6.45) is 6.39. The molecule has 0 aliphatic rings. The summed E-state index contributed by atoms with van der Waals surface area (Å²) in [5.74, 6) is 0.624. The fourth-order valence-corrected chi connectivity index (χ4v) is 1.50. The maximum Gasteiger partial charge on any atom is 0.323 e. The number of carbonyl (C=O) groups is 2. The van der Waals surface area contributed by atoms with Gasteiger partial charge in [0, 0.05) is 0 Å². The molecule has 0 aromatic carbocycles. The number of hydrogen-bond acceptors (Lipinski definition) is 3. The third-order valence-corrected chi connectivity index (χ3v) is 2.36. The van der Waals surface area contributed by atoms with Gasteiger partial charge in [-0.2, -0.15) is 0 Å². The molecule has 0 fully saturated rings. The van der Waals surface area contributed by atoms with E-state index in [2.05, 4.69) is 21.9 Å². The van der Waals surface area contributed by atoms with Crippen LogP contribution in [-0.4, -0.2) is 35.0 Å². The topological polar surface area (TPSA) is 70.8 Å². The number of nitrogens with zero attached hydrogens (tertiary/aromatic N) is 1. The number of hydrogen-bond donors (Lipinski definition) is 1. The molecule has 0 unspecified atom stereocenters. The van der Waals surface area contributed by atoms with Crippen LogP contribution in [0.3, 0.4) is 0 Å². The molecule has 5 nitrogen and oxygen atoms in total. The Morgan fingerprint density at radius 3 is 2.75 bits per heavy atom. The van der Waals surface area contributed by atoms with E-state index < -0.39 is 18.4 Å². The standard InChI is InChI=1S/C10H8BrNO4/c1-2-4-12(6-8(13)14)10(15)7-3-5-16-9(7)11/h1,3,5H,4,6H2,(H,13,14). The Balaban J connectivity index is 2.88. The Hall–Kier alpha value is -1.74. The van der Waals surface area contributed by atoms with Crippen molar-refractivity contribution in [3.05, 3.63) is 22.6 Å². The first-order valence-electron chi connectivity index (χ1n) is 4.23. The van der Waals surface area contributed by atoms with Crippen molar-refractivity contribution >= 4 is 27.8 Å². The van der Waals surface area contributed by atoms with E-state index in [4.69, 9.17) is 15.9 Å². The maximum absolute atomic E-state index is 11.8. The summed E-state index contributed by atoms with van der Waals surface area (Å²) in [4.78, 5) is 23.4. The molecule has 0 bridgehead atoms. The normalized spacial score (nSPS) is 9.50. The highest BCUT2D eigenvalue weighted by atomic mass is 79.9. The molecule has 0 atom stereocenters. The van der Waals surface area contributed by atoms with E-state index in [9.17, 15) is 9.59 Å². The van der Waals surface area contributed by atoms with Crippen LogP contribution >= 0.6 is 15.9 Å². The van der Waals surface area contributed by atoms with Crippen molar-refractivity contribution in [3.8, 4) is 12.3 Å². The molecule has 1 N–H and O–H groups in total. The molecule has 0 saturated heterocycles. The average Bonchev–Trinajstić information content (AvgIpc) is 2.62. The Morgan fingerprint density at radius 1 is 1.62 bits per heavy atom. The number of amides is 1. The average molecular weight is 286 g/mol. The summed E-state index contributed by atoms with van der Waals surface area (Å²) < 4.78 is 5.14. The van der Waals surface area contributed by atoms with Crippen LogP contribution in [0.5, 0.6) is 0 Å². The molecule has 1 heterocycles. The number of terminal acetylenes is 1. The lowest BCUT2D eigenvalue weighted by Crippen LogP contribution is -2.35. The molecule has 84 valence electrons. The van der Waals surface area contributed by atoms with E-state index in [0.717, 1.165) is 4.90 Å².